The van der Waals surface area contributed by atoms with E-state index in [0.29, 0.717) is 18.7 Å². The second kappa shape index (κ2) is 6.39. The van der Waals surface area contributed by atoms with E-state index in [1.165, 1.54) is 19.1 Å². The van der Waals surface area contributed by atoms with Crippen molar-refractivity contribution in [1.82, 2.24) is 10.3 Å². The molecule has 1 unspecified atom stereocenters. The third-order valence-corrected chi connectivity index (χ3v) is 2.86. The number of carbonyl (C=O) groups excluding carboxylic acids is 1. The summed E-state index contributed by atoms with van der Waals surface area (Å²) in [5, 5.41) is 6.53. The SMILES string of the molecule is CCOC(=O)c1coc(NC2CCCCNC2)n1. The molecule has 2 rings (SSSR count). The smallest absolute Gasteiger partial charge is 0.360 e. The number of nitrogens with zero attached hydrogens (tertiary/aromatic N) is 1. The molecule has 6 heteroatoms. The van der Waals surface area contributed by atoms with Gasteiger partial charge in [0.15, 0.2) is 5.69 Å². The molecule has 1 aliphatic heterocycles. The summed E-state index contributed by atoms with van der Waals surface area (Å²) in [6, 6.07) is 0.674. The van der Waals surface area contributed by atoms with Crippen molar-refractivity contribution in [3.63, 3.8) is 0 Å². The van der Waals surface area contributed by atoms with E-state index in [4.69, 9.17) is 9.15 Å². The van der Waals surface area contributed by atoms with Gasteiger partial charge in [-0.1, -0.05) is 6.42 Å². The maximum absolute atomic E-state index is 11.4. The van der Waals surface area contributed by atoms with Crippen molar-refractivity contribution in [2.45, 2.75) is 32.2 Å². The molecule has 1 fully saturated rings. The topological polar surface area (TPSA) is 76.4 Å². The van der Waals surface area contributed by atoms with E-state index < -0.39 is 5.97 Å². The van der Waals surface area contributed by atoms with E-state index >= 15 is 0 Å². The summed E-state index contributed by atoms with van der Waals surface area (Å²) >= 11 is 0. The number of rotatable bonds is 4. The van der Waals surface area contributed by atoms with Crippen LogP contribution in [0.3, 0.4) is 0 Å². The second-order valence-electron chi connectivity index (χ2n) is 4.30. The minimum Gasteiger partial charge on any atom is -0.461 e. The van der Waals surface area contributed by atoms with Crippen LogP contribution in [0.2, 0.25) is 0 Å². The van der Waals surface area contributed by atoms with Gasteiger partial charge in [0.2, 0.25) is 0 Å². The molecule has 0 bridgehead atoms. The number of anilines is 1. The summed E-state index contributed by atoms with van der Waals surface area (Å²) < 4.78 is 10.1. The molecule has 1 saturated heterocycles. The van der Waals surface area contributed by atoms with Crippen LogP contribution in [0.5, 0.6) is 0 Å². The highest BCUT2D eigenvalue weighted by Crippen LogP contribution is 2.13. The third kappa shape index (κ3) is 3.46. The highest BCUT2D eigenvalue weighted by molar-refractivity contribution is 5.87. The Balaban J connectivity index is 1.91. The molecule has 0 spiro atoms. The van der Waals surface area contributed by atoms with Crippen molar-refractivity contribution < 1.29 is 13.9 Å². The van der Waals surface area contributed by atoms with Gasteiger partial charge in [-0.2, -0.15) is 4.98 Å². The van der Waals surface area contributed by atoms with Crippen LogP contribution in [-0.4, -0.2) is 36.7 Å². The lowest BCUT2D eigenvalue weighted by Crippen LogP contribution is -2.31. The Morgan fingerprint density at radius 3 is 3.39 bits per heavy atom. The molecule has 0 saturated carbocycles. The normalized spacial score (nSPS) is 20.2. The van der Waals surface area contributed by atoms with Crippen molar-refractivity contribution in [3.8, 4) is 0 Å². The van der Waals surface area contributed by atoms with Crippen molar-refractivity contribution in [1.29, 1.82) is 0 Å². The van der Waals surface area contributed by atoms with Crippen LogP contribution >= 0.6 is 0 Å². The van der Waals surface area contributed by atoms with Gasteiger partial charge in [0.05, 0.1) is 6.61 Å². The monoisotopic (exact) mass is 253 g/mol. The zero-order valence-electron chi connectivity index (χ0n) is 10.6. The van der Waals surface area contributed by atoms with Gasteiger partial charge in [0.25, 0.3) is 6.01 Å². The largest absolute Gasteiger partial charge is 0.461 e. The molecule has 0 radical (unpaired) electrons. The van der Waals surface area contributed by atoms with Gasteiger partial charge in [0, 0.05) is 12.6 Å². The minimum atomic E-state index is -0.451. The Labute approximate surface area is 106 Å². The molecule has 2 N–H and O–H groups in total. The molecule has 0 aromatic carbocycles. The van der Waals surface area contributed by atoms with Gasteiger partial charge in [0.1, 0.15) is 6.26 Å². The zero-order valence-corrected chi connectivity index (χ0v) is 10.6. The van der Waals surface area contributed by atoms with Crippen molar-refractivity contribution in [2.24, 2.45) is 0 Å². The molecule has 0 aliphatic carbocycles. The first kappa shape index (κ1) is 12.9. The number of esters is 1. The van der Waals surface area contributed by atoms with Gasteiger partial charge in [-0.15, -0.1) is 0 Å². The number of hydrogen-bond donors (Lipinski definition) is 2. The van der Waals surface area contributed by atoms with Crippen LogP contribution in [0.15, 0.2) is 10.7 Å². The van der Waals surface area contributed by atoms with E-state index in [2.05, 4.69) is 15.6 Å². The van der Waals surface area contributed by atoms with Gasteiger partial charge in [-0.05, 0) is 26.3 Å². The third-order valence-electron chi connectivity index (χ3n) is 2.86. The first-order valence-electron chi connectivity index (χ1n) is 6.39. The lowest BCUT2D eigenvalue weighted by molar-refractivity contribution is 0.0519. The van der Waals surface area contributed by atoms with E-state index in [-0.39, 0.29) is 5.69 Å². The first-order valence-corrected chi connectivity index (χ1v) is 6.39. The van der Waals surface area contributed by atoms with Crippen molar-refractivity contribution in [2.75, 3.05) is 25.0 Å². The number of oxazole rings is 1. The Morgan fingerprint density at radius 1 is 1.67 bits per heavy atom. The molecular weight excluding hydrogens is 234 g/mol. The Kier molecular flexibility index (Phi) is 4.58. The molecule has 1 aromatic rings. The minimum absolute atomic E-state index is 0.209. The fourth-order valence-electron chi connectivity index (χ4n) is 1.96. The molecule has 18 heavy (non-hydrogen) atoms. The number of aromatic nitrogens is 1. The molecule has 6 nitrogen and oxygen atoms in total. The predicted molar refractivity (Wildman–Crippen MR) is 66.6 cm³/mol. The van der Waals surface area contributed by atoms with E-state index in [1.54, 1.807) is 6.92 Å². The Hall–Kier alpha value is -1.56. The van der Waals surface area contributed by atoms with E-state index in [9.17, 15) is 4.79 Å². The zero-order chi connectivity index (χ0) is 12.8. The summed E-state index contributed by atoms with van der Waals surface area (Å²) in [4.78, 5) is 15.5. The molecule has 0 amide bonds. The van der Waals surface area contributed by atoms with Crippen LogP contribution in [0.4, 0.5) is 6.01 Å². The molecule has 2 heterocycles. The van der Waals surface area contributed by atoms with Crippen molar-refractivity contribution >= 4 is 12.0 Å². The number of ether oxygens (including phenoxy) is 1. The number of hydrogen-bond acceptors (Lipinski definition) is 6. The summed E-state index contributed by atoms with van der Waals surface area (Å²) in [5.74, 6) is -0.451. The number of carbonyl (C=O) groups is 1. The maximum atomic E-state index is 11.4. The first-order chi connectivity index (χ1) is 8.79. The van der Waals surface area contributed by atoms with Crippen LogP contribution in [-0.2, 0) is 4.74 Å². The lowest BCUT2D eigenvalue weighted by Gasteiger charge is -2.14. The quantitative estimate of drug-likeness (QED) is 0.790. The highest BCUT2D eigenvalue weighted by Gasteiger charge is 2.17. The summed E-state index contributed by atoms with van der Waals surface area (Å²) in [6.45, 7) is 4.03. The maximum Gasteiger partial charge on any atom is 0.360 e. The standard InChI is InChI=1S/C12H19N3O3/c1-2-17-11(16)10-8-18-12(15-10)14-9-5-3-4-6-13-7-9/h8-9,13H,2-7H2,1H3,(H,14,15). The predicted octanol–water partition coefficient (Wildman–Crippen LogP) is 1.41. The molecule has 1 aliphatic rings. The van der Waals surface area contributed by atoms with E-state index in [1.807, 2.05) is 0 Å². The highest BCUT2D eigenvalue weighted by atomic mass is 16.5. The van der Waals surface area contributed by atoms with Crippen molar-refractivity contribution in [3.05, 3.63) is 12.0 Å². The van der Waals surface area contributed by atoms with Gasteiger partial charge in [-0.3, -0.25) is 0 Å². The average molecular weight is 253 g/mol. The Morgan fingerprint density at radius 2 is 2.56 bits per heavy atom. The van der Waals surface area contributed by atoms with Crippen LogP contribution in [0.1, 0.15) is 36.7 Å². The van der Waals surface area contributed by atoms with Crippen LogP contribution in [0.25, 0.3) is 0 Å². The number of nitrogens with one attached hydrogen (secondary N) is 2. The fraction of sp³-hybridized carbons (Fsp3) is 0.667. The second-order valence-corrected chi connectivity index (χ2v) is 4.30. The van der Waals surface area contributed by atoms with E-state index in [0.717, 1.165) is 19.5 Å². The fourth-order valence-corrected chi connectivity index (χ4v) is 1.96. The molecule has 1 aromatic heterocycles. The molecule has 1 atom stereocenters. The molecule has 100 valence electrons. The van der Waals surface area contributed by atoms with Gasteiger partial charge < -0.3 is 19.8 Å². The summed E-state index contributed by atoms with van der Waals surface area (Å²) in [6.07, 6.45) is 4.77. The van der Waals surface area contributed by atoms with Gasteiger partial charge >= 0.3 is 5.97 Å². The average Bonchev–Trinajstić information content (AvgIpc) is 2.67. The Bertz CT molecular complexity index is 384. The van der Waals surface area contributed by atoms with Gasteiger partial charge in [-0.25, -0.2) is 4.79 Å². The summed E-state index contributed by atoms with van der Waals surface area (Å²) in [5.41, 5.74) is 0.209. The van der Waals surface area contributed by atoms with Crippen LogP contribution < -0.4 is 10.6 Å². The van der Waals surface area contributed by atoms with Crippen LogP contribution in [0, 0.1) is 0 Å². The molecular formula is C12H19N3O3. The summed E-state index contributed by atoms with van der Waals surface area (Å²) in [7, 11) is 0. The lowest BCUT2D eigenvalue weighted by atomic mass is 10.1.